The van der Waals surface area contributed by atoms with Crippen molar-refractivity contribution >= 4 is 29.9 Å². The highest BCUT2D eigenvalue weighted by Crippen LogP contribution is 2.18. The van der Waals surface area contributed by atoms with Gasteiger partial charge in [0.25, 0.3) is 5.91 Å². The first-order chi connectivity index (χ1) is 9.08. The molecule has 1 amide bonds. The van der Waals surface area contributed by atoms with Crippen molar-refractivity contribution in [3.8, 4) is 0 Å². The van der Waals surface area contributed by atoms with E-state index in [4.69, 9.17) is 11.6 Å². The summed E-state index contributed by atoms with van der Waals surface area (Å²) in [7, 11) is 0. The third-order valence-electron chi connectivity index (χ3n) is 3.85. The number of piperidine rings is 1. The second-order valence-corrected chi connectivity index (χ2v) is 5.76. The predicted molar refractivity (Wildman–Crippen MR) is 86.0 cm³/mol. The number of amides is 1. The molecule has 112 valence electrons. The molecule has 1 aliphatic rings. The van der Waals surface area contributed by atoms with Crippen LogP contribution in [0.25, 0.3) is 0 Å². The highest BCUT2D eigenvalue weighted by Gasteiger charge is 2.22. The van der Waals surface area contributed by atoms with Crippen molar-refractivity contribution in [1.29, 1.82) is 0 Å². The first-order valence-corrected chi connectivity index (χ1v) is 7.23. The lowest BCUT2D eigenvalue weighted by atomic mass is 9.92. The Labute approximate surface area is 131 Å². The number of carbonyl (C=O) groups excluding carboxylic acids is 1. The molecule has 1 saturated heterocycles. The van der Waals surface area contributed by atoms with Gasteiger partial charge in [0.05, 0.1) is 0 Å². The van der Waals surface area contributed by atoms with E-state index in [0.717, 1.165) is 18.7 Å². The Morgan fingerprint density at radius 2 is 2.25 bits per heavy atom. The SMILES string of the molecule is Cc1ccc(Cl)cc1C(=O)NC(C)C1CCCNC1.Cl. The normalized spacial score (nSPS) is 19.9. The van der Waals surface area contributed by atoms with Gasteiger partial charge in [-0.3, -0.25) is 4.79 Å². The molecule has 2 N–H and O–H groups in total. The van der Waals surface area contributed by atoms with E-state index < -0.39 is 0 Å². The minimum absolute atomic E-state index is 0. The van der Waals surface area contributed by atoms with Crippen LogP contribution < -0.4 is 10.6 Å². The Hall–Kier alpha value is -0.770. The van der Waals surface area contributed by atoms with E-state index in [-0.39, 0.29) is 24.4 Å². The van der Waals surface area contributed by atoms with Crippen LogP contribution in [-0.4, -0.2) is 25.0 Å². The van der Waals surface area contributed by atoms with E-state index in [1.54, 1.807) is 6.07 Å². The first-order valence-electron chi connectivity index (χ1n) is 6.85. The lowest BCUT2D eigenvalue weighted by molar-refractivity contribution is 0.0921. The maximum absolute atomic E-state index is 12.3. The smallest absolute Gasteiger partial charge is 0.251 e. The monoisotopic (exact) mass is 316 g/mol. The van der Waals surface area contributed by atoms with Crippen molar-refractivity contribution in [1.82, 2.24) is 10.6 Å². The van der Waals surface area contributed by atoms with Crippen LogP contribution in [0.1, 0.15) is 35.7 Å². The third kappa shape index (κ3) is 4.37. The van der Waals surface area contributed by atoms with Gasteiger partial charge in [0.1, 0.15) is 0 Å². The number of hydrogen-bond acceptors (Lipinski definition) is 2. The molecule has 2 atom stereocenters. The molecule has 1 aliphatic heterocycles. The Bertz CT molecular complexity index is 459. The Kier molecular flexibility index (Phi) is 6.80. The molecule has 1 aromatic rings. The molecular formula is C15H22Cl2N2O. The minimum Gasteiger partial charge on any atom is -0.349 e. The number of hydrogen-bond donors (Lipinski definition) is 2. The Morgan fingerprint density at radius 1 is 1.50 bits per heavy atom. The molecule has 20 heavy (non-hydrogen) atoms. The summed E-state index contributed by atoms with van der Waals surface area (Å²) in [5.41, 5.74) is 1.62. The van der Waals surface area contributed by atoms with Crippen LogP contribution in [0.15, 0.2) is 18.2 Å². The molecule has 0 saturated carbocycles. The molecule has 1 heterocycles. The number of aryl methyl sites for hydroxylation is 1. The zero-order chi connectivity index (χ0) is 13.8. The molecule has 0 bridgehead atoms. The van der Waals surface area contributed by atoms with Gasteiger partial charge in [0, 0.05) is 16.6 Å². The van der Waals surface area contributed by atoms with Crippen LogP contribution >= 0.6 is 24.0 Å². The summed E-state index contributed by atoms with van der Waals surface area (Å²) < 4.78 is 0. The van der Waals surface area contributed by atoms with Crippen LogP contribution in [0.5, 0.6) is 0 Å². The topological polar surface area (TPSA) is 41.1 Å². The predicted octanol–water partition coefficient (Wildman–Crippen LogP) is 3.19. The van der Waals surface area contributed by atoms with Crippen LogP contribution in [0, 0.1) is 12.8 Å². The maximum atomic E-state index is 12.3. The lowest BCUT2D eigenvalue weighted by Crippen LogP contribution is -2.44. The fourth-order valence-electron chi connectivity index (χ4n) is 2.55. The number of halogens is 2. The first kappa shape index (κ1) is 17.3. The number of rotatable bonds is 3. The molecule has 5 heteroatoms. The second kappa shape index (κ2) is 7.87. The zero-order valence-electron chi connectivity index (χ0n) is 11.9. The van der Waals surface area contributed by atoms with Crippen molar-refractivity contribution < 1.29 is 4.79 Å². The van der Waals surface area contributed by atoms with Gasteiger partial charge in [-0.1, -0.05) is 17.7 Å². The number of nitrogens with one attached hydrogen (secondary N) is 2. The van der Waals surface area contributed by atoms with E-state index in [9.17, 15) is 4.79 Å². The zero-order valence-corrected chi connectivity index (χ0v) is 13.5. The van der Waals surface area contributed by atoms with E-state index in [0.29, 0.717) is 16.5 Å². The van der Waals surface area contributed by atoms with E-state index in [1.807, 2.05) is 19.1 Å². The third-order valence-corrected chi connectivity index (χ3v) is 4.08. The minimum atomic E-state index is -0.0296. The number of carbonyl (C=O) groups is 1. The van der Waals surface area contributed by atoms with Gasteiger partial charge < -0.3 is 10.6 Å². The summed E-state index contributed by atoms with van der Waals surface area (Å²) >= 11 is 5.96. The summed E-state index contributed by atoms with van der Waals surface area (Å²) in [4.78, 5) is 12.3. The van der Waals surface area contributed by atoms with Crippen molar-refractivity contribution in [3.63, 3.8) is 0 Å². The van der Waals surface area contributed by atoms with Crippen LogP contribution in [0.2, 0.25) is 5.02 Å². The van der Waals surface area contributed by atoms with Gasteiger partial charge in [-0.25, -0.2) is 0 Å². The van der Waals surface area contributed by atoms with Gasteiger partial charge >= 0.3 is 0 Å². The highest BCUT2D eigenvalue weighted by molar-refractivity contribution is 6.31. The van der Waals surface area contributed by atoms with Gasteiger partial charge in [-0.05, 0) is 63.4 Å². The van der Waals surface area contributed by atoms with E-state index in [2.05, 4.69) is 17.6 Å². The fraction of sp³-hybridized carbons (Fsp3) is 0.533. The highest BCUT2D eigenvalue weighted by atomic mass is 35.5. The molecule has 1 aromatic carbocycles. The lowest BCUT2D eigenvalue weighted by Gasteiger charge is -2.29. The average molecular weight is 317 g/mol. The molecule has 0 aromatic heterocycles. The molecule has 2 unspecified atom stereocenters. The molecule has 2 rings (SSSR count). The fourth-order valence-corrected chi connectivity index (χ4v) is 2.72. The summed E-state index contributed by atoms with van der Waals surface area (Å²) in [6.07, 6.45) is 2.35. The van der Waals surface area contributed by atoms with Gasteiger partial charge in [-0.2, -0.15) is 0 Å². The van der Waals surface area contributed by atoms with Crippen LogP contribution in [0.4, 0.5) is 0 Å². The van der Waals surface area contributed by atoms with Crippen molar-refractivity contribution in [3.05, 3.63) is 34.3 Å². The van der Waals surface area contributed by atoms with Crippen LogP contribution in [0.3, 0.4) is 0 Å². The summed E-state index contributed by atoms with van der Waals surface area (Å²) in [6.45, 7) is 6.08. The summed E-state index contributed by atoms with van der Waals surface area (Å²) in [6, 6.07) is 5.60. The standard InChI is InChI=1S/C15H21ClN2O.ClH/c1-10-5-6-13(16)8-14(10)15(19)18-11(2)12-4-3-7-17-9-12;/h5-6,8,11-12,17H,3-4,7,9H2,1-2H3,(H,18,19);1H. The van der Waals surface area contributed by atoms with E-state index in [1.165, 1.54) is 12.8 Å². The van der Waals surface area contributed by atoms with Crippen molar-refractivity contribution in [2.24, 2.45) is 5.92 Å². The van der Waals surface area contributed by atoms with Crippen molar-refractivity contribution in [2.45, 2.75) is 32.7 Å². The largest absolute Gasteiger partial charge is 0.349 e. The molecule has 0 aliphatic carbocycles. The Balaban J connectivity index is 0.00000200. The molecule has 0 radical (unpaired) electrons. The van der Waals surface area contributed by atoms with E-state index >= 15 is 0 Å². The molecule has 1 fully saturated rings. The maximum Gasteiger partial charge on any atom is 0.251 e. The Morgan fingerprint density at radius 3 is 2.90 bits per heavy atom. The quantitative estimate of drug-likeness (QED) is 0.899. The van der Waals surface area contributed by atoms with Gasteiger partial charge in [0.15, 0.2) is 0 Å². The van der Waals surface area contributed by atoms with Gasteiger partial charge in [-0.15, -0.1) is 12.4 Å². The van der Waals surface area contributed by atoms with Crippen molar-refractivity contribution in [2.75, 3.05) is 13.1 Å². The van der Waals surface area contributed by atoms with Gasteiger partial charge in [0.2, 0.25) is 0 Å². The number of benzene rings is 1. The summed E-state index contributed by atoms with van der Waals surface area (Å²) in [5.74, 6) is 0.482. The second-order valence-electron chi connectivity index (χ2n) is 5.33. The molecule has 3 nitrogen and oxygen atoms in total. The average Bonchev–Trinajstić information content (AvgIpc) is 2.42. The molecular weight excluding hydrogens is 295 g/mol. The summed E-state index contributed by atoms with van der Waals surface area (Å²) in [5, 5.41) is 7.07. The van der Waals surface area contributed by atoms with Crippen LogP contribution in [-0.2, 0) is 0 Å². The molecule has 0 spiro atoms.